The molecule has 2 aromatic carbocycles. The highest BCUT2D eigenvalue weighted by Gasteiger charge is 2.20. The van der Waals surface area contributed by atoms with Crippen LogP contribution in [0.25, 0.3) is 11.1 Å². The minimum absolute atomic E-state index is 0.0517. The summed E-state index contributed by atoms with van der Waals surface area (Å²) >= 11 is 5.98. The second-order valence-electron chi connectivity index (χ2n) is 5.92. The Morgan fingerprint density at radius 1 is 0.960 bits per heavy atom. The maximum atomic E-state index is 12.9. The van der Waals surface area contributed by atoms with Gasteiger partial charge in [0, 0.05) is 5.56 Å². The Hall–Kier alpha value is -1.76. The van der Waals surface area contributed by atoms with Gasteiger partial charge >= 0.3 is 0 Å². The topological polar surface area (TPSA) is 60.2 Å². The van der Waals surface area contributed by atoms with Gasteiger partial charge in [-0.1, -0.05) is 35.9 Å². The van der Waals surface area contributed by atoms with Gasteiger partial charge in [-0.15, -0.1) is 0 Å². The van der Waals surface area contributed by atoms with Crippen LogP contribution in [0.5, 0.6) is 0 Å². The first-order valence-corrected chi connectivity index (χ1v) is 9.63. The van der Waals surface area contributed by atoms with E-state index in [1.54, 1.807) is 24.3 Å². The summed E-state index contributed by atoms with van der Waals surface area (Å²) in [6.45, 7) is 0. The van der Waals surface area contributed by atoms with Crippen LogP contribution in [-0.2, 0) is 10.0 Å². The molecule has 2 N–H and O–H groups in total. The first-order valence-electron chi connectivity index (χ1n) is 7.70. The lowest BCUT2D eigenvalue weighted by molar-refractivity contribution is 0.151. The van der Waals surface area contributed by atoms with Crippen LogP contribution in [0.3, 0.4) is 0 Å². The third-order valence-corrected chi connectivity index (χ3v) is 5.59. The summed E-state index contributed by atoms with van der Waals surface area (Å²) in [5.74, 6) is 0. The normalized spacial score (nSPS) is 15.2. The van der Waals surface area contributed by atoms with Crippen molar-refractivity contribution in [1.82, 2.24) is 0 Å². The van der Waals surface area contributed by atoms with Crippen LogP contribution in [0.2, 0.25) is 5.02 Å². The van der Waals surface area contributed by atoms with Gasteiger partial charge in [0.25, 0.3) is 6.43 Å². The molecule has 0 fully saturated rings. The van der Waals surface area contributed by atoms with E-state index in [-0.39, 0.29) is 15.5 Å². The largest absolute Gasteiger partial charge is 0.265 e. The number of hydrogen-bond donors (Lipinski definition) is 1. The molecule has 0 atom stereocenters. The Morgan fingerprint density at radius 3 is 2.04 bits per heavy atom. The highest BCUT2D eigenvalue weighted by Crippen LogP contribution is 2.41. The molecule has 3 rings (SSSR count). The van der Waals surface area contributed by atoms with Crippen molar-refractivity contribution in [2.75, 3.05) is 0 Å². The van der Waals surface area contributed by atoms with E-state index in [0.29, 0.717) is 0 Å². The fourth-order valence-corrected chi connectivity index (χ4v) is 3.90. The Bertz CT molecular complexity index is 938. The van der Waals surface area contributed by atoms with Gasteiger partial charge in [0.15, 0.2) is 0 Å². The quantitative estimate of drug-likeness (QED) is 0.805. The predicted octanol–water partition coefficient (Wildman–Crippen LogP) is 5.02. The summed E-state index contributed by atoms with van der Waals surface area (Å²) in [5.41, 5.74) is 3.65. The molecule has 0 radical (unpaired) electrons. The smallest absolute Gasteiger partial charge is 0.225 e. The number of benzene rings is 2. The summed E-state index contributed by atoms with van der Waals surface area (Å²) in [4.78, 5) is 0.0562. The number of rotatable bonds is 4. The number of alkyl halides is 2. The van der Waals surface area contributed by atoms with Crippen molar-refractivity contribution in [2.24, 2.45) is 5.14 Å². The summed E-state index contributed by atoms with van der Waals surface area (Å²) in [5, 5.41) is 5.17. The maximum Gasteiger partial charge on any atom is 0.265 e. The molecule has 0 saturated carbocycles. The van der Waals surface area contributed by atoms with Crippen LogP contribution >= 0.6 is 11.6 Å². The molecule has 0 aliphatic heterocycles. The van der Waals surface area contributed by atoms with Crippen LogP contribution in [0.15, 0.2) is 47.4 Å². The average Bonchev–Trinajstić information content (AvgIpc) is 3.03. The van der Waals surface area contributed by atoms with E-state index in [4.69, 9.17) is 16.7 Å². The molecular formula is C18H16ClF2NO2S. The number of halogens is 3. The first kappa shape index (κ1) is 18.0. The van der Waals surface area contributed by atoms with Crippen molar-refractivity contribution in [1.29, 1.82) is 0 Å². The van der Waals surface area contributed by atoms with E-state index in [0.717, 1.165) is 41.5 Å². The number of sulfonamides is 1. The van der Waals surface area contributed by atoms with Crippen molar-refractivity contribution in [3.63, 3.8) is 0 Å². The summed E-state index contributed by atoms with van der Waals surface area (Å²) < 4.78 is 48.4. The van der Waals surface area contributed by atoms with E-state index in [9.17, 15) is 17.2 Å². The van der Waals surface area contributed by atoms with Gasteiger partial charge in [-0.2, -0.15) is 0 Å². The Labute approximate surface area is 150 Å². The third kappa shape index (κ3) is 3.76. The summed E-state index contributed by atoms with van der Waals surface area (Å²) in [7, 11) is -3.73. The number of nitrogens with two attached hydrogens (primary N) is 1. The molecule has 1 aliphatic rings. The molecule has 0 unspecified atom stereocenters. The zero-order valence-corrected chi connectivity index (χ0v) is 14.7. The van der Waals surface area contributed by atoms with Crippen LogP contribution in [0.4, 0.5) is 8.78 Å². The third-order valence-electron chi connectivity index (χ3n) is 4.33. The van der Waals surface area contributed by atoms with Crippen LogP contribution < -0.4 is 5.14 Å². The van der Waals surface area contributed by atoms with E-state index >= 15 is 0 Å². The van der Waals surface area contributed by atoms with E-state index < -0.39 is 16.4 Å². The lowest BCUT2D eigenvalue weighted by atomic mass is 9.96. The lowest BCUT2D eigenvalue weighted by Gasteiger charge is -2.11. The van der Waals surface area contributed by atoms with Crippen LogP contribution in [0.1, 0.15) is 42.4 Å². The number of allylic oxidation sites excluding steroid dienone is 2. The molecule has 0 aromatic heterocycles. The van der Waals surface area contributed by atoms with Crippen LogP contribution in [-0.4, -0.2) is 8.42 Å². The molecular weight excluding hydrogens is 368 g/mol. The summed E-state index contributed by atoms with van der Waals surface area (Å²) in [6, 6.07) is 11.0. The molecule has 3 nitrogen and oxygen atoms in total. The highest BCUT2D eigenvalue weighted by molar-refractivity contribution is 7.89. The zero-order valence-electron chi connectivity index (χ0n) is 13.2. The SMILES string of the molecule is NS(=O)(=O)c1ccc(C2=C(c3ccc(C(F)F)c(Cl)c3)CCC2)cc1. The summed E-state index contributed by atoms with van der Waals surface area (Å²) in [6.07, 6.45) is -0.0191. The molecule has 0 bridgehead atoms. The Morgan fingerprint density at radius 2 is 1.52 bits per heavy atom. The predicted molar refractivity (Wildman–Crippen MR) is 94.9 cm³/mol. The van der Waals surface area contributed by atoms with Crippen molar-refractivity contribution in [2.45, 2.75) is 30.6 Å². The van der Waals surface area contributed by atoms with Gasteiger partial charge < -0.3 is 0 Å². The number of primary sulfonamides is 1. The molecule has 1 aliphatic carbocycles. The minimum atomic E-state index is -3.73. The molecule has 132 valence electrons. The van der Waals surface area contributed by atoms with Crippen LogP contribution in [0, 0.1) is 0 Å². The molecule has 0 amide bonds. The second kappa shape index (κ2) is 6.86. The fourth-order valence-electron chi connectivity index (χ4n) is 3.12. The highest BCUT2D eigenvalue weighted by atomic mass is 35.5. The Balaban J connectivity index is 2.02. The fraction of sp³-hybridized carbons (Fsp3) is 0.222. The van der Waals surface area contributed by atoms with E-state index in [1.165, 1.54) is 18.2 Å². The molecule has 2 aromatic rings. The van der Waals surface area contributed by atoms with Crippen molar-refractivity contribution in [3.8, 4) is 0 Å². The second-order valence-corrected chi connectivity index (χ2v) is 7.89. The zero-order chi connectivity index (χ0) is 18.2. The molecule has 25 heavy (non-hydrogen) atoms. The van der Waals surface area contributed by atoms with Crippen molar-refractivity contribution < 1.29 is 17.2 Å². The number of hydrogen-bond acceptors (Lipinski definition) is 2. The monoisotopic (exact) mass is 383 g/mol. The van der Waals surface area contributed by atoms with Gasteiger partial charge in [0.05, 0.1) is 9.92 Å². The van der Waals surface area contributed by atoms with Crippen molar-refractivity contribution in [3.05, 3.63) is 64.2 Å². The first-order chi connectivity index (χ1) is 11.8. The lowest BCUT2D eigenvalue weighted by Crippen LogP contribution is -2.11. The average molecular weight is 384 g/mol. The molecule has 0 saturated heterocycles. The van der Waals surface area contributed by atoms with Gasteiger partial charge in [-0.05, 0) is 59.7 Å². The van der Waals surface area contributed by atoms with Gasteiger partial charge in [0.2, 0.25) is 10.0 Å². The van der Waals surface area contributed by atoms with Crippen molar-refractivity contribution >= 4 is 32.8 Å². The molecule has 7 heteroatoms. The molecule has 0 heterocycles. The Kier molecular flexibility index (Phi) is 4.95. The maximum absolute atomic E-state index is 12.9. The van der Waals surface area contributed by atoms with E-state index in [1.807, 2.05) is 0 Å². The van der Waals surface area contributed by atoms with Gasteiger partial charge in [0.1, 0.15) is 0 Å². The van der Waals surface area contributed by atoms with Gasteiger partial charge in [-0.25, -0.2) is 22.3 Å². The van der Waals surface area contributed by atoms with E-state index in [2.05, 4.69) is 0 Å². The standard InChI is InChI=1S/C18H16ClF2NO2S/c19-17-10-12(6-9-16(17)18(20)21)15-3-1-2-14(15)11-4-7-13(8-5-11)25(22,23)24/h4-10,18H,1-3H2,(H2,22,23,24). The molecule has 0 spiro atoms. The minimum Gasteiger partial charge on any atom is -0.225 e. The van der Waals surface area contributed by atoms with Gasteiger partial charge in [-0.3, -0.25) is 0 Å².